The van der Waals surface area contributed by atoms with Crippen LogP contribution in [0.4, 0.5) is 5.13 Å². The van der Waals surface area contributed by atoms with Gasteiger partial charge < -0.3 is 19.3 Å². The third kappa shape index (κ3) is 4.91. The average molecular weight is 571 g/mol. The highest BCUT2D eigenvalue weighted by molar-refractivity contribution is 7.22. The number of rotatable bonds is 8. The summed E-state index contributed by atoms with van der Waals surface area (Å²) in [7, 11) is 1.59. The summed E-state index contributed by atoms with van der Waals surface area (Å²) in [6, 6.07) is 17.2. The molecule has 3 heterocycles. The van der Waals surface area contributed by atoms with Crippen molar-refractivity contribution in [2.75, 3.05) is 18.6 Å². The van der Waals surface area contributed by atoms with E-state index >= 15 is 0 Å². The summed E-state index contributed by atoms with van der Waals surface area (Å²) in [6.07, 6.45) is 2.69. The van der Waals surface area contributed by atoms with Gasteiger partial charge in [0.2, 0.25) is 0 Å². The molecule has 2 atom stereocenters. The first-order valence-corrected chi connectivity index (χ1v) is 14.5. The smallest absolute Gasteiger partial charge is 0.301 e. The molecule has 1 N–H and O–H groups in total. The van der Waals surface area contributed by atoms with Crippen LogP contribution in [-0.4, -0.2) is 41.6 Å². The first-order valence-electron chi connectivity index (χ1n) is 13.7. The van der Waals surface area contributed by atoms with E-state index in [1.165, 1.54) is 16.2 Å². The molecule has 1 amide bonds. The number of Topliss-reactive ketones (excluding diaryl/α,β-unsaturated/α-hetero) is 1. The molecule has 0 saturated carbocycles. The fourth-order valence-electron chi connectivity index (χ4n) is 5.27. The largest absolute Gasteiger partial charge is 0.507 e. The monoisotopic (exact) mass is 570 g/mol. The van der Waals surface area contributed by atoms with Crippen molar-refractivity contribution in [2.45, 2.75) is 45.3 Å². The highest BCUT2D eigenvalue weighted by Gasteiger charge is 2.48. The third-order valence-electron chi connectivity index (χ3n) is 7.37. The van der Waals surface area contributed by atoms with Gasteiger partial charge in [-0.15, -0.1) is 0 Å². The van der Waals surface area contributed by atoms with Crippen LogP contribution in [0.3, 0.4) is 0 Å². The molecule has 1 fully saturated rings. The summed E-state index contributed by atoms with van der Waals surface area (Å²) in [5.74, 6) is 0.374. The number of aromatic nitrogens is 1. The fourth-order valence-corrected chi connectivity index (χ4v) is 6.29. The maximum absolute atomic E-state index is 13.6. The maximum atomic E-state index is 13.6. The predicted molar refractivity (Wildman–Crippen MR) is 158 cm³/mol. The minimum absolute atomic E-state index is 0.0124. The molecule has 8 nitrogen and oxygen atoms in total. The maximum Gasteiger partial charge on any atom is 0.301 e. The zero-order chi connectivity index (χ0) is 28.7. The Balaban J connectivity index is 1.47. The molecule has 0 spiro atoms. The number of ether oxygens (including phenoxy) is 3. The Bertz CT molecular complexity index is 1680. The highest BCUT2D eigenvalue weighted by Crippen LogP contribution is 2.45. The number of ketones is 1. The van der Waals surface area contributed by atoms with E-state index in [-0.39, 0.29) is 17.4 Å². The van der Waals surface area contributed by atoms with Gasteiger partial charge in [-0.25, -0.2) is 4.98 Å². The molecule has 2 aliphatic rings. The van der Waals surface area contributed by atoms with Gasteiger partial charge in [0.1, 0.15) is 29.1 Å². The van der Waals surface area contributed by atoms with Gasteiger partial charge in [-0.05, 0) is 73.0 Å². The molecule has 2 aliphatic heterocycles. The van der Waals surface area contributed by atoms with Crippen molar-refractivity contribution in [2.24, 2.45) is 0 Å². The molecular weight excluding hydrogens is 540 g/mol. The molecule has 0 radical (unpaired) electrons. The van der Waals surface area contributed by atoms with Gasteiger partial charge >= 0.3 is 5.91 Å². The summed E-state index contributed by atoms with van der Waals surface area (Å²) in [5.41, 5.74) is 2.75. The first kappa shape index (κ1) is 26.8. The van der Waals surface area contributed by atoms with E-state index in [9.17, 15) is 14.7 Å². The van der Waals surface area contributed by atoms with E-state index < -0.39 is 17.7 Å². The Hall–Kier alpha value is -4.37. The minimum atomic E-state index is -0.884. The number of thiazole rings is 1. The lowest BCUT2D eigenvalue weighted by molar-refractivity contribution is -0.132. The average Bonchev–Trinajstić information content (AvgIpc) is 3.64. The molecule has 41 heavy (non-hydrogen) atoms. The number of amides is 1. The van der Waals surface area contributed by atoms with Crippen LogP contribution in [0.15, 0.2) is 66.2 Å². The van der Waals surface area contributed by atoms with Gasteiger partial charge in [0.05, 0.1) is 35.5 Å². The summed E-state index contributed by atoms with van der Waals surface area (Å²) >= 11 is 1.29. The van der Waals surface area contributed by atoms with Crippen molar-refractivity contribution in [1.29, 1.82) is 0 Å². The minimum Gasteiger partial charge on any atom is -0.507 e. The van der Waals surface area contributed by atoms with Crippen molar-refractivity contribution in [3.8, 4) is 17.2 Å². The Labute approximate surface area is 241 Å². The fraction of sp³-hybridized carbons (Fsp3) is 0.281. The van der Waals surface area contributed by atoms with Crippen molar-refractivity contribution in [3.05, 3.63) is 82.9 Å². The van der Waals surface area contributed by atoms with E-state index in [0.717, 1.165) is 28.9 Å². The lowest BCUT2D eigenvalue weighted by atomic mass is 9.94. The van der Waals surface area contributed by atoms with E-state index in [1.54, 1.807) is 25.3 Å². The van der Waals surface area contributed by atoms with E-state index in [4.69, 9.17) is 19.2 Å². The van der Waals surface area contributed by atoms with Crippen LogP contribution in [0.1, 0.15) is 49.4 Å². The highest BCUT2D eigenvalue weighted by atomic mass is 32.1. The molecule has 1 saturated heterocycles. The van der Waals surface area contributed by atoms with Crippen LogP contribution >= 0.6 is 11.3 Å². The van der Waals surface area contributed by atoms with Crippen molar-refractivity contribution >= 4 is 44.1 Å². The van der Waals surface area contributed by atoms with Gasteiger partial charge in [-0.1, -0.05) is 36.8 Å². The van der Waals surface area contributed by atoms with Crippen LogP contribution in [0.2, 0.25) is 0 Å². The standard InChI is InChI=1S/C32H30N2O6S/c1-4-5-14-39-22-9-6-19(7-10-22)28-27(29(35)20-8-13-25-21(16-20)15-18(2)40-25)30(36)31(37)34(28)32-33-24-12-11-23(38-3)17-26(24)41-32/h6-13,16-18,28,35H,4-5,14-15H2,1-3H3/b29-27+/t18-,28-/m1/s1. The quantitative estimate of drug-likeness (QED) is 0.113. The van der Waals surface area contributed by atoms with Crippen LogP contribution < -0.4 is 19.1 Å². The Kier molecular flexibility index (Phi) is 7.13. The van der Waals surface area contributed by atoms with Crippen LogP contribution in [-0.2, 0) is 16.0 Å². The van der Waals surface area contributed by atoms with Gasteiger partial charge in [-0.2, -0.15) is 0 Å². The first-order chi connectivity index (χ1) is 19.9. The van der Waals surface area contributed by atoms with E-state index in [0.29, 0.717) is 46.3 Å². The van der Waals surface area contributed by atoms with E-state index in [1.807, 2.05) is 49.4 Å². The van der Waals surface area contributed by atoms with E-state index in [2.05, 4.69) is 6.92 Å². The van der Waals surface area contributed by atoms with Crippen molar-refractivity contribution < 1.29 is 28.9 Å². The number of unbranched alkanes of at least 4 members (excludes halogenated alkanes) is 1. The number of hydrogen-bond acceptors (Lipinski definition) is 8. The molecule has 6 rings (SSSR count). The zero-order valence-corrected chi connectivity index (χ0v) is 23.9. The number of nitrogens with zero attached hydrogens (tertiary/aromatic N) is 2. The second-order valence-corrected chi connectivity index (χ2v) is 11.2. The SMILES string of the molecule is CCCCOc1ccc([C@@H]2/C(=C(\O)c3ccc4c(c3)C[C@@H](C)O4)C(=O)C(=O)N2c2nc3ccc(OC)cc3s2)cc1. The molecular formula is C32H30N2O6S. The van der Waals surface area contributed by atoms with Crippen LogP contribution in [0.5, 0.6) is 17.2 Å². The normalized spacial score (nSPS) is 19.4. The Morgan fingerprint density at radius 2 is 1.88 bits per heavy atom. The Morgan fingerprint density at radius 3 is 2.63 bits per heavy atom. The molecule has 0 bridgehead atoms. The zero-order valence-electron chi connectivity index (χ0n) is 23.0. The second kappa shape index (κ2) is 10.9. The number of aliphatic hydroxyl groups is 1. The van der Waals surface area contributed by atoms with Crippen LogP contribution in [0, 0.1) is 0 Å². The summed E-state index contributed by atoms with van der Waals surface area (Å²) in [5, 5.41) is 11.9. The van der Waals surface area contributed by atoms with Crippen molar-refractivity contribution in [3.63, 3.8) is 0 Å². The predicted octanol–water partition coefficient (Wildman–Crippen LogP) is 6.43. The molecule has 9 heteroatoms. The molecule has 0 aliphatic carbocycles. The number of aliphatic hydroxyl groups excluding tert-OH is 1. The number of hydrogen-bond donors (Lipinski definition) is 1. The van der Waals surface area contributed by atoms with Gasteiger partial charge in [-0.3, -0.25) is 14.5 Å². The van der Waals surface area contributed by atoms with Gasteiger partial charge in [0, 0.05) is 12.0 Å². The third-order valence-corrected chi connectivity index (χ3v) is 8.38. The van der Waals surface area contributed by atoms with Gasteiger partial charge in [0.15, 0.2) is 5.13 Å². The second-order valence-electron chi connectivity index (χ2n) is 10.2. The number of anilines is 1. The summed E-state index contributed by atoms with van der Waals surface area (Å²) < 4.78 is 17.8. The van der Waals surface area contributed by atoms with Gasteiger partial charge in [0.25, 0.3) is 5.78 Å². The molecule has 1 aromatic heterocycles. The summed E-state index contributed by atoms with van der Waals surface area (Å²) in [6.45, 7) is 4.68. The molecule has 0 unspecified atom stereocenters. The number of carbonyl (C=O) groups excluding carboxylic acids is 2. The molecule has 4 aromatic rings. The molecule has 3 aromatic carbocycles. The lowest BCUT2D eigenvalue weighted by Gasteiger charge is -2.23. The molecule has 210 valence electrons. The number of fused-ring (bicyclic) bond motifs is 2. The van der Waals surface area contributed by atoms with Crippen LogP contribution in [0.25, 0.3) is 16.0 Å². The topological polar surface area (TPSA) is 98.2 Å². The number of carbonyl (C=O) groups is 2. The summed E-state index contributed by atoms with van der Waals surface area (Å²) in [4.78, 5) is 33.3. The Morgan fingerprint density at radius 1 is 1.10 bits per heavy atom. The number of methoxy groups -OCH3 is 1. The van der Waals surface area contributed by atoms with Crippen molar-refractivity contribution in [1.82, 2.24) is 4.98 Å². The lowest BCUT2D eigenvalue weighted by Crippen LogP contribution is -2.29. The number of benzene rings is 3.